The van der Waals surface area contributed by atoms with E-state index in [9.17, 15) is 0 Å². The fourth-order valence-electron chi connectivity index (χ4n) is 3.70. The zero-order valence-electron chi connectivity index (χ0n) is 13.4. The standard InChI is InChI=1S/C18H21ClN2O.2ClH/c19-15-3-1-2-14(10-15)18-5-4-16(22-18)11-20-17-12-21-8-6-13(17)7-9-21;;/h1-5,10,13,17,20H,6-9,11-12H2;2*1H. The van der Waals surface area contributed by atoms with Crippen molar-refractivity contribution in [2.75, 3.05) is 19.6 Å². The van der Waals surface area contributed by atoms with Crippen molar-refractivity contribution in [3.63, 3.8) is 0 Å². The zero-order chi connectivity index (χ0) is 14.9. The van der Waals surface area contributed by atoms with E-state index in [1.54, 1.807) is 0 Å². The monoisotopic (exact) mass is 388 g/mol. The molecule has 6 heteroatoms. The van der Waals surface area contributed by atoms with Gasteiger partial charge in [-0.1, -0.05) is 23.7 Å². The molecule has 0 amide bonds. The minimum atomic E-state index is 0. The highest BCUT2D eigenvalue weighted by Gasteiger charge is 2.33. The summed E-state index contributed by atoms with van der Waals surface area (Å²) in [5.41, 5.74) is 1.03. The maximum Gasteiger partial charge on any atom is 0.134 e. The first kappa shape index (κ1) is 19.6. The molecular weight excluding hydrogens is 367 g/mol. The molecule has 3 nitrogen and oxygen atoms in total. The molecule has 0 spiro atoms. The molecule has 3 aliphatic heterocycles. The molecule has 132 valence electrons. The van der Waals surface area contributed by atoms with Crippen molar-refractivity contribution in [2.45, 2.75) is 25.4 Å². The third-order valence-corrected chi connectivity index (χ3v) is 5.20. The number of hydrogen-bond acceptors (Lipinski definition) is 3. The van der Waals surface area contributed by atoms with E-state index in [1.165, 1.54) is 32.5 Å². The molecule has 3 fully saturated rings. The first-order valence-electron chi connectivity index (χ1n) is 8.08. The van der Waals surface area contributed by atoms with E-state index in [2.05, 4.69) is 16.3 Å². The third-order valence-electron chi connectivity index (χ3n) is 4.97. The molecule has 1 unspecified atom stereocenters. The first-order chi connectivity index (χ1) is 10.8. The van der Waals surface area contributed by atoms with Gasteiger partial charge in [0.15, 0.2) is 0 Å². The van der Waals surface area contributed by atoms with Gasteiger partial charge in [-0.25, -0.2) is 0 Å². The highest BCUT2D eigenvalue weighted by molar-refractivity contribution is 6.30. The largest absolute Gasteiger partial charge is 0.460 e. The molecule has 3 saturated heterocycles. The van der Waals surface area contributed by atoms with Crippen LogP contribution in [0.25, 0.3) is 11.3 Å². The van der Waals surface area contributed by atoms with Crippen LogP contribution in [0, 0.1) is 5.92 Å². The van der Waals surface area contributed by atoms with Gasteiger partial charge in [0.1, 0.15) is 11.5 Å². The summed E-state index contributed by atoms with van der Waals surface area (Å²) in [7, 11) is 0. The Morgan fingerprint density at radius 1 is 1.12 bits per heavy atom. The second-order valence-electron chi connectivity index (χ2n) is 6.40. The van der Waals surface area contributed by atoms with Gasteiger partial charge in [0, 0.05) is 23.2 Å². The number of nitrogens with zero attached hydrogens (tertiary/aromatic N) is 1. The Labute approximate surface area is 160 Å². The third kappa shape index (κ3) is 4.27. The molecule has 0 aliphatic carbocycles. The number of piperidine rings is 3. The van der Waals surface area contributed by atoms with Crippen molar-refractivity contribution in [1.82, 2.24) is 10.2 Å². The molecule has 2 aromatic rings. The lowest BCUT2D eigenvalue weighted by Gasteiger charge is -2.45. The van der Waals surface area contributed by atoms with Gasteiger partial charge in [0.05, 0.1) is 6.54 Å². The topological polar surface area (TPSA) is 28.4 Å². The fraction of sp³-hybridized carbons (Fsp3) is 0.444. The summed E-state index contributed by atoms with van der Waals surface area (Å²) in [5.74, 6) is 2.71. The lowest BCUT2D eigenvalue weighted by atomic mass is 9.84. The van der Waals surface area contributed by atoms with Gasteiger partial charge in [-0.05, 0) is 56.1 Å². The number of halogens is 3. The summed E-state index contributed by atoms with van der Waals surface area (Å²) in [6, 6.07) is 12.5. The van der Waals surface area contributed by atoms with E-state index < -0.39 is 0 Å². The second-order valence-corrected chi connectivity index (χ2v) is 6.84. The molecule has 1 aromatic carbocycles. The Hall–Kier alpha value is -0.710. The van der Waals surface area contributed by atoms with E-state index in [-0.39, 0.29) is 24.8 Å². The van der Waals surface area contributed by atoms with Crippen LogP contribution in [0.15, 0.2) is 40.8 Å². The van der Waals surface area contributed by atoms with Gasteiger partial charge >= 0.3 is 0 Å². The predicted octanol–water partition coefficient (Wildman–Crippen LogP) is 4.63. The Kier molecular flexibility index (Phi) is 7.02. The first-order valence-corrected chi connectivity index (χ1v) is 8.46. The Morgan fingerprint density at radius 3 is 2.58 bits per heavy atom. The summed E-state index contributed by atoms with van der Waals surface area (Å²) in [5, 5.41) is 4.42. The lowest BCUT2D eigenvalue weighted by Crippen LogP contribution is -2.55. The van der Waals surface area contributed by atoms with E-state index in [0.29, 0.717) is 6.04 Å². The van der Waals surface area contributed by atoms with E-state index in [0.717, 1.165) is 34.6 Å². The molecule has 4 heterocycles. The number of hydrogen-bond donors (Lipinski definition) is 1. The Morgan fingerprint density at radius 2 is 1.92 bits per heavy atom. The van der Waals surface area contributed by atoms with Gasteiger partial charge < -0.3 is 14.6 Å². The van der Waals surface area contributed by atoms with Crippen molar-refractivity contribution < 1.29 is 4.42 Å². The molecule has 3 aliphatic rings. The van der Waals surface area contributed by atoms with Crippen molar-refractivity contribution in [1.29, 1.82) is 0 Å². The number of benzene rings is 1. The van der Waals surface area contributed by atoms with Crippen LogP contribution < -0.4 is 5.32 Å². The molecule has 2 bridgehead atoms. The lowest BCUT2D eigenvalue weighted by molar-refractivity contribution is 0.0711. The highest BCUT2D eigenvalue weighted by atomic mass is 35.5. The SMILES string of the molecule is Cl.Cl.Clc1cccc(-c2ccc(CNC3CN4CCC3CC4)o2)c1. The highest BCUT2D eigenvalue weighted by Crippen LogP contribution is 2.28. The van der Waals surface area contributed by atoms with Crippen molar-refractivity contribution in [2.24, 2.45) is 5.92 Å². The summed E-state index contributed by atoms with van der Waals surface area (Å²) in [6.07, 6.45) is 2.67. The van der Waals surface area contributed by atoms with E-state index in [4.69, 9.17) is 16.0 Å². The van der Waals surface area contributed by atoms with Crippen LogP contribution in [0.5, 0.6) is 0 Å². The maximum absolute atomic E-state index is 6.04. The van der Waals surface area contributed by atoms with Gasteiger partial charge in [-0.2, -0.15) is 0 Å². The number of fused-ring (bicyclic) bond motifs is 3. The second kappa shape index (κ2) is 8.59. The van der Waals surface area contributed by atoms with Gasteiger partial charge in [0.2, 0.25) is 0 Å². The minimum absolute atomic E-state index is 0. The number of nitrogens with one attached hydrogen (secondary N) is 1. The van der Waals surface area contributed by atoms with E-state index >= 15 is 0 Å². The van der Waals surface area contributed by atoms with Crippen molar-refractivity contribution >= 4 is 36.4 Å². The normalized spacial score (nSPS) is 25.0. The molecule has 1 atom stereocenters. The van der Waals surface area contributed by atoms with Crippen LogP contribution in [0.1, 0.15) is 18.6 Å². The molecule has 0 radical (unpaired) electrons. The summed E-state index contributed by atoms with van der Waals surface area (Å²) >= 11 is 6.04. The number of rotatable bonds is 4. The molecule has 1 aromatic heterocycles. The van der Waals surface area contributed by atoms with Gasteiger partial charge in [-0.15, -0.1) is 24.8 Å². The van der Waals surface area contributed by atoms with Crippen LogP contribution in [0.3, 0.4) is 0 Å². The van der Waals surface area contributed by atoms with Crippen molar-refractivity contribution in [3.05, 3.63) is 47.2 Å². The Bertz CT molecular complexity index is 653. The minimum Gasteiger partial charge on any atom is -0.460 e. The maximum atomic E-state index is 6.04. The van der Waals surface area contributed by atoms with Crippen molar-refractivity contribution in [3.8, 4) is 11.3 Å². The molecule has 0 saturated carbocycles. The zero-order valence-corrected chi connectivity index (χ0v) is 15.8. The molecule has 24 heavy (non-hydrogen) atoms. The van der Waals surface area contributed by atoms with Crippen LogP contribution >= 0.6 is 36.4 Å². The average molecular weight is 390 g/mol. The van der Waals surface area contributed by atoms with Crippen LogP contribution in [0.2, 0.25) is 5.02 Å². The summed E-state index contributed by atoms with van der Waals surface area (Å²) < 4.78 is 5.96. The van der Waals surface area contributed by atoms with E-state index in [1.807, 2.05) is 30.3 Å². The number of furan rings is 1. The van der Waals surface area contributed by atoms with Gasteiger partial charge in [-0.3, -0.25) is 0 Å². The van der Waals surface area contributed by atoms with Crippen LogP contribution in [-0.4, -0.2) is 30.6 Å². The fourth-order valence-corrected chi connectivity index (χ4v) is 3.89. The van der Waals surface area contributed by atoms with Crippen LogP contribution in [-0.2, 0) is 6.54 Å². The molecule has 5 rings (SSSR count). The quantitative estimate of drug-likeness (QED) is 0.826. The predicted molar refractivity (Wildman–Crippen MR) is 103 cm³/mol. The molecule has 1 N–H and O–H groups in total. The molecular formula is C18H23Cl3N2O. The smallest absolute Gasteiger partial charge is 0.134 e. The summed E-state index contributed by atoms with van der Waals surface area (Å²) in [6.45, 7) is 4.55. The average Bonchev–Trinajstić information content (AvgIpc) is 3.03. The summed E-state index contributed by atoms with van der Waals surface area (Å²) in [4.78, 5) is 2.57. The van der Waals surface area contributed by atoms with Gasteiger partial charge in [0.25, 0.3) is 0 Å². The Balaban J connectivity index is 0.00000104. The van der Waals surface area contributed by atoms with Crippen LogP contribution in [0.4, 0.5) is 0 Å².